The summed E-state index contributed by atoms with van der Waals surface area (Å²) >= 11 is 3.39. The fourth-order valence-corrected chi connectivity index (χ4v) is 3.86. The Morgan fingerprint density at radius 2 is 1.91 bits per heavy atom. The first kappa shape index (κ1) is 22.1. The smallest absolute Gasteiger partial charge is 0.289 e. The van der Waals surface area contributed by atoms with Gasteiger partial charge in [0.2, 0.25) is 5.91 Å². The molecular formula is C24H24BrN3O4. The summed E-state index contributed by atoms with van der Waals surface area (Å²) in [5.74, 6) is 1.36. The van der Waals surface area contributed by atoms with Gasteiger partial charge in [-0.25, -0.2) is 0 Å². The molecule has 2 aromatic heterocycles. The largest absolute Gasteiger partial charge is 0.486 e. The summed E-state index contributed by atoms with van der Waals surface area (Å²) < 4.78 is 12.4. The van der Waals surface area contributed by atoms with Gasteiger partial charge in [-0.05, 0) is 60.9 Å². The molecule has 1 aliphatic heterocycles. The Hall–Kier alpha value is -3.13. The monoisotopic (exact) mass is 497 g/mol. The van der Waals surface area contributed by atoms with E-state index >= 15 is 0 Å². The van der Waals surface area contributed by atoms with Crippen LogP contribution in [0.25, 0.3) is 0 Å². The molecule has 8 heteroatoms. The van der Waals surface area contributed by atoms with Crippen LogP contribution < -0.4 is 10.1 Å². The average molecular weight is 498 g/mol. The molecule has 32 heavy (non-hydrogen) atoms. The van der Waals surface area contributed by atoms with Gasteiger partial charge in [-0.2, -0.15) is 0 Å². The third kappa shape index (κ3) is 5.76. The highest BCUT2D eigenvalue weighted by Gasteiger charge is 2.29. The second-order valence-electron chi connectivity index (χ2n) is 7.65. The van der Waals surface area contributed by atoms with Gasteiger partial charge < -0.3 is 19.4 Å². The van der Waals surface area contributed by atoms with E-state index in [1.54, 1.807) is 29.4 Å². The zero-order valence-electron chi connectivity index (χ0n) is 17.5. The highest BCUT2D eigenvalue weighted by molar-refractivity contribution is 9.10. The maximum Gasteiger partial charge on any atom is 0.289 e. The summed E-state index contributed by atoms with van der Waals surface area (Å²) in [5, 5.41) is 2.96. The highest BCUT2D eigenvalue weighted by atomic mass is 79.9. The third-order valence-corrected chi connectivity index (χ3v) is 5.94. The minimum absolute atomic E-state index is 0.0197. The Kier molecular flexibility index (Phi) is 7.21. The maximum atomic E-state index is 12.8. The summed E-state index contributed by atoms with van der Waals surface area (Å²) in [4.78, 5) is 31.0. The fourth-order valence-electron chi connectivity index (χ4n) is 3.59. The van der Waals surface area contributed by atoms with Gasteiger partial charge in [0.1, 0.15) is 18.1 Å². The van der Waals surface area contributed by atoms with Gasteiger partial charge in [0.05, 0.1) is 0 Å². The second kappa shape index (κ2) is 10.5. The van der Waals surface area contributed by atoms with Gasteiger partial charge in [0.15, 0.2) is 5.76 Å². The first-order valence-corrected chi connectivity index (χ1v) is 11.3. The average Bonchev–Trinajstić information content (AvgIpc) is 3.31. The van der Waals surface area contributed by atoms with Crippen LogP contribution >= 0.6 is 15.9 Å². The van der Waals surface area contributed by atoms with Crippen molar-refractivity contribution in [2.24, 2.45) is 5.92 Å². The molecule has 1 aliphatic rings. The molecule has 0 aliphatic carbocycles. The van der Waals surface area contributed by atoms with Crippen LogP contribution in [-0.2, 0) is 17.9 Å². The zero-order valence-corrected chi connectivity index (χ0v) is 19.1. The lowest BCUT2D eigenvalue weighted by Gasteiger charge is -2.30. The molecule has 0 saturated carbocycles. The Morgan fingerprint density at radius 1 is 1.12 bits per heavy atom. The van der Waals surface area contributed by atoms with E-state index in [4.69, 9.17) is 9.15 Å². The van der Waals surface area contributed by atoms with Gasteiger partial charge in [0, 0.05) is 42.4 Å². The summed E-state index contributed by atoms with van der Waals surface area (Å²) in [5.41, 5.74) is 0.964. The summed E-state index contributed by atoms with van der Waals surface area (Å²) in [6, 6.07) is 14.7. The standard InChI is InChI=1S/C24H24BrN3O4/c25-19-3-5-20(6-4-19)31-16-21-7-8-22(32-21)24(30)28-12-9-18(10-13-28)23(29)27-15-17-2-1-11-26-14-17/h1-8,11,14,18H,9-10,12-13,15-16H2,(H,27,29). The van der Waals surface area contributed by atoms with E-state index in [9.17, 15) is 9.59 Å². The molecule has 166 valence electrons. The maximum absolute atomic E-state index is 12.8. The van der Waals surface area contributed by atoms with E-state index in [0.29, 0.717) is 44.0 Å². The van der Waals surface area contributed by atoms with Crippen LogP contribution in [0.3, 0.4) is 0 Å². The Balaban J connectivity index is 1.23. The van der Waals surface area contributed by atoms with Gasteiger partial charge in [-0.1, -0.05) is 22.0 Å². The van der Waals surface area contributed by atoms with Gasteiger partial charge >= 0.3 is 0 Å². The second-order valence-corrected chi connectivity index (χ2v) is 8.57. The predicted molar refractivity (Wildman–Crippen MR) is 122 cm³/mol. The van der Waals surface area contributed by atoms with Crippen molar-refractivity contribution in [3.63, 3.8) is 0 Å². The fraction of sp³-hybridized carbons (Fsp3) is 0.292. The van der Waals surface area contributed by atoms with E-state index in [1.807, 2.05) is 36.4 Å². The molecular weight excluding hydrogens is 474 g/mol. The van der Waals surface area contributed by atoms with Crippen LogP contribution in [0.2, 0.25) is 0 Å². The van der Waals surface area contributed by atoms with Crippen LogP contribution in [0.1, 0.15) is 34.7 Å². The van der Waals surface area contributed by atoms with Crippen molar-refractivity contribution >= 4 is 27.7 Å². The van der Waals surface area contributed by atoms with Gasteiger partial charge in [-0.3, -0.25) is 14.6 Å². The third-order valence-electron chi connectivity index (χ3n) is 5.41. The number of benzene rings is 1. The van der Waals surface area contributed by atoms with Crippen LogP contribution in [0.5, 0.6) is 5.75 Å². The van der Waals surface area contributed by atoms with Crippen molar-refractivity contribution in [3.05, 3.63) is 82.5 Å². The first-order valence-electron chi connectivity index (χ1n) is 10.5. The van der Waals surface area contributed by atoms with E-state index < -0.39 is 0 Å². The number of piperidine rings is 1. The SMILES string of the molecule is O=C(NCc1cccnc1)C1CCN(C(=O)c2ccc(COc3ccc(Br)cc3)o2)CC1. The number of hydrogen-bond donors (Lipinski definition) is 1. The van der Waals surface area contributed by atoms with E-state index in [0.717, 1.165) is 15.8 Å². The van der Waals surface area contributed by atoms with E-state index in [2.05, 4.69) is 26.2 Å². The Morgan fingerprint density at radius 3 is 2.62 bits per heavy atom. The van der Waals surface area contributed by atoms with Gasteiger partial charge in [-0.15, -0.1) is 0 Å². The minimum Gasteiger partial charge on any atom is -0.486 e. The molecule has 3 aromatic rings. The molecule has 2 amide bonds. The number of aromatic nitrogens is 1. The number of rotatable bonds is 7. The molecule has 3 heterocycles. The summed E-state index contributed by atoms with van der Waals surface area (Å²) in [7, 11) is 0. The number of nitrogens with zero attached hydrogens (tertiary/aromatic N) is 2. The molecule has 1 aromatic carbocycles. The number of ether oxygens (including phenoxy) is 1. The van der Waals surface area contributed by atoms with Gasteiger partial charge in [0.25, 0.3) is 5.91 Å². The molecule has 1 saturated heterocycles. The van der Waals surface area contributed by atoms with E-state index in [1.165, 1.54) is 0 Å². The number of carbonyl (C=O) groups is 2. The zero-order chi connectivity index (χ0) is 22.3. The number of pyridine rings is 1. The first-order chi connectivity index (χ1) is 15.6. The van der Waals surface area contributed by atoms with Crippen molar-refractivity contribution in [2.75, 3.05) is 13.1 Å². The van der Waals surface area contributed by atoms with Crippen molar-refractivity contribution in [2.45, 2.75) is 26.0 Å². The molecule has 1 fully saturated rings. The van der Waals surface area contributed by atoms with Crippen molar-refractivity contribution < 1.29 is 18.7 Å². The van der Waals surface area contributed by atoms with Crippen LogP contribution in [0, 0.1) is 5.92 Å². The predicted octanol–water partition coefficient (Wildman–Crippen LogP) is 4.18. The lowest BCUT2D eigenvalue weighted by Crippen LogP contribution is -2.42. The molecule has 4 rings (SSSR count). The van der Waals surface area contributed by atoms with Crippen molar-refractivity contribution in [3.8, 4) is 5.75 Å². The lowest BCUT2D eigenvalue weighted by atomic mass is 9.95. The Labute approximate surface area is 194 Å². The molecule has 7 nitrogen and oxygen atoms in total. The summed E-state index contributed by atoms with van der Waals surface area (Å²) in [6.45, 7) is 1.75. The Bertz CT molecular complexity index is 1040. The van der Waals surface area contributed by atoms with E-state index in [-0.39, 0.29) is 24.3 Å². The van der Waals surface area contributed by atoms with Crippen molar-refractivity contribution in [1.82, 2.24) is 15.2 Å². The quantitative estimate of drug-likeness (QED) is 0.529. The number of carbonyl (C=O) groups excluding carboxylic acids is 2. The minimum atomic E-state index is -0.158. The lowest BCUT2D eigenvalue weighted by molar-refractivity contribution is -0.126. The normalized spacial score (nSPS) is 14.2. The topological polar surface area (TPSA) is 84.7 Å². The van der Waals surface area contributed by atoms with Crippen LogP contribution in [0.15, 0.2) is 69.8 Å². The molecule has 0 unspecified atom stereocenters. The molecule has 0 spiro atoms. The molecule has 1 N–H and O–H groups in total. The number of halogens is 1. The molecule has 0 atom stereocenters. The molecule has 0 radical (unpaired) electrons. The number of likely N-dealkylation sites (tertiary alicyclic amines) is 1. The van der Waals surface area contributed by atoms with Crippen LogP contribution in [-0.4, -0.2) is 34.8 Å². The number of hydrogen-bond acceptors (Lipinski definition) is 5. The highest BCUT2D eigenvalue weighted by Crippen LogP contribution is 2.22. The number of nitrogens with one attached hydrogen (secondary N) is 1. The molecule has 0 bridgehead atoms. The number of amides is 2. The van der Waals surface area contributed by atoms with Crippen molar-refractivity contribution in [1.29, 1.82) is 0 Å². The number of furan rings is 1. The summed E-state index contributed by atoms with van der Waals surface area (Å²) in [6.07, 6.45) is 4.70. The van der Waals surface area contributed by atoms with Crippen LogP contribution in [0.4, 0.5) is 0 Å².